The van der Waals surface area contributed by atoms with E-state index < -0.39 is 15.6 Å². The van der Waals surface area contributed by atoms with E-state index in [4.69, 9.17) is 0 Å². The van der Waals surface area contributed by atoms with Crippen LogP contribution >= 0.6 is 0 Å². The van der Waals surface area contributed by atoms with Crippen LogP contribution < -0.4 is 10.9 Å². The minimum absolute atomic E-state index is 0.136. The van der Waals surface area contributed by atoms with Crippen LogP contribution in [0.4, 0.5) is 0 Å². The summed E-state index contributed by atoms with van der Waals surface area (Å²) in [4.78, 5) is 27.5. The number of aromatic amines is 1. The maximum absolute atomic E-state index is 13.3. The predicted molar refractivity (Wildman–Crippen MR) is 120 cm³/mol. The molecule has 1 aromatic carbocycles. The zero-order chi connectivity index (χ0) is 22.1. The predicted octanol–water partition coefficient (Wildman–Crippen LogP) is 3.65. The number of fused-ring (bicyclic) bond motifs is 1. The number of nitrogens with zero attached hydrogens (tertiary/aromatic N) is 1. The molecule has 166 valence electrons. The smallest absolute Gasteiger partial charge is 0.252 e. The Balaban J connectivity index is 2.49. The van der Waals surface area contributed by atoms with Gasteiger partial charge in [-0.3, -0.25) is 9.59 Å². The van der Waals surface area contributed by atoms with E-state index in [2.05, 4.69) is 10.3 Å². The van der Waals surface area contributed by atoms with Gasteiger partial charge in [0.1, 0.15) is 0 Å². The highest BCUT2D eigenvalue weighted by molar-refractivity contribution is 7.89. The Morgan fingerprint density at radius 3 is 2.23 bits per heavy atom. The van der Waals surface area contributed by atoms with Crippen molar-refractivity contribution >= 4 is 26.8 Å². The van der Waals surface area contributed by atoms with Crippen LogP contribution in [0, 0.1) is 0 Å². The van der Waals surface area contributed by atoms with Crippen LogP contribution in [0.1, 0.15) is 69.7 Å². The van der Waals surface area contributed by atoms with E-state index in [9.17, 15) is 18.0 Å². The van der Waals surface area contributed by atoms with Crippen LogP contribution in [0.25, 0.3) is 10.9 Å². The SMILES string of the molecule is CCCCNC(=O)c1cc(=O)[nH]c2ccc(S(=O)(=O)N(CCCC)CCCC)cc12. The Morgan fingerprint density at radius 2 is 1.63 bits per heavy atom. The maximum Gasteiger partial charge on any atom is 0.252 e. The minimum atomic E-state index is -3.70. The van der Waals surface area contributed by atoms with Crippen LogP contribution in [0.3, 0.4) is 0 Å². The van der Waals surface area contributed by atoms with Crippen molar-refractivity contribution in [3.05, 3.63) is 40.2 Å². The zero-order valence-electron chi connectivity index (χ0n) is 18.2. The lowest BCUT2D eigenvalue weighted by atomic mass is 10.1. The average molecular weight is 436 g/mol. The summed E-state index contributed by atoms with van der Waals surface area (Å²) in [7, 11) is -3.70. The van der Waals surface area contributed by atoms with E-state index in [0.717, 1.165) is 38.5 Å². The highest BCUT2D eigenvalue weighted by Gasteiger charge is 2.24. The molecule has 0 aliphatic carbocycles. The molecule has 0 radical (unpaired) electrons. The van der Waals surface area contributed by atoms with E-state index in [1.807, 2.05) is 20.8 Å². The maximum atomic E-state index is 13.3. The summed E-state index contributed by atoms with van der Waals surface area (Å²) in [5, 5.41) is 3.23. The molecule has 2 rings (SSSR count). The number of carbonyl (C=O) groups excluding carboxylic acids is 1. The Bertz CT molecular complexity index is 1010. The van der Waals surface area contributed by atoms with Gasteiger partial charge >= 0.3 is 0 Å². The summed E-state index contributed by atoms with van der Waals surface area (Å²) >= 11 is 0. The standard InChI is InChI=1S/C22H33N3O4S/c1-4-7-12-23-22(27)19-16-21(26)24-20-11-10-17(15-18(19)20)30(28,29)25(13-8-5-2)14-9-6-3/h10-11,15-16H,4-9,12-14H2,1-3H3,(H,23,27)(H,24,26). The van der Waals surface area contributed by atoms with E-state index in [1.54, 1.807) is 6.07 Å². The third-order valence-corrected chi connectivity index (χ3v) is 6.93. The van der Waals surface area contributed by atoms with Gasteiger partial charge < -0.3 is 10.3 Å². The number of benzene rings is 1. The summed E-state index contributed by atoms with van der Waals surface area (Å²) in [6.45, 7) is 7.51. The van der Waals surface area contributed by atoms with Crippen molar-refractivity contribution < 1.29 is 13.2 Å². The molecule has 0 aliphatic heterocycles. The van der Waals surface area contributed by atoms with Gasteiger partial charge in [0.05, 0.1) is 10.5 Å². The van der Waals surface area contributed by atoms with Gasteiger partial charge in [0.2, 0.25) is 15.6 Å². The summed E-state index contributed by atoms with van der Waals surface area (Å²) in [6.07, 6.45) is 5.14. The second kappa shape index (κ2) is 11.3. The second-order valence-corrected chi connectivity index (χ2v) is 9.41. The largest absolute Gasteiger partial charge is 0.352 e. The molecule has 1 aromatic heterocycles. The second-order valence-electron chi connectivity index (χ2n) is 7.48. The fourth-order valence-electron chi connectivity index (χ4n) is 3.23. The Morgan fingerprint density at radius 1 is 1.00 bits per heavy atom. The van der Waals surface area contributed by atoms with Crippen molar-refractivity contribution in [2.24, 2.45) is 0 Å². The fourth-order valence-corrected chi connectivity index (χ4v) is 4.77. The van der Waals surface area contributed by atoms with Crippen molar-refractivity contribution in [1.29, 1.82) is 0 Å². The molecule has 0 saturated heterocycles. The molecule has 2 N–H and O–H groups in total. The van der Waals surface area contributed by atoms with Crippen molar-refractivity contribution in [2.45, 2.75) is 64.2 Å². The molecule has 8 heteroatoms. The third-order valence-electron chi connectivity index (χ3n) is 5.03. The van der Waals surface area contributed by atoms with Crippen molar-refractivity contribution in [2.75, 3.05) is 19.6 Å². The lowest BCUT2D eigenvalue weighted by Crippen LogP contribution is -2.33. The first-order valence-electron chi connectivity index (χ1n) is 10.8. The van der Waals surface area contributed by atoms with Crippen LogP contribution in [0.2, 0.25) is 0 Å². The van der Waals surface area contributed by atoms with Gasteiger partial charge in [0.25, 0.3) is 5.91 Å². The molecule has 0 saturated carbocycles. The molecule has 0 unspecified atom stereocenters. The molecule has 1 heterocycles. The normalized spacial score (nSPS) is 11.9. The highest BCUT2D eigenvalue weighted by atomic mass is 32.2. The molecule has 30 heavy (non-hydrogen) atoms. The Kier molecular flexibility index (Phi) is 9.05. The van der Waals surface area contributed by atoms with Crippen LogP contribution in [-0.2, 0) is 10.0 Å². The van der Waals surface area contributed by atoms with E-state index in [0.29, 0.717) is 30.5 Å². The first-order chi connectivity index (χ1) is 14.3. The van der Waals surface area contributed by atoms with E-state index >= 15 is 0 Å². The number of H-pyrrole nitrogens is 1. The number of amides is 1. The number of pyridine rings is 1. The van der Waals surface area contributed by atoms with Crippen molar-refractivity contribution in [1.82, 2.24) is 14.6 Å². The van der Waals surface area contributed by atoms with Crippen molar-refractivity contribution in [3.8, 4) is 0 Å². The van der Waals surface area contributed by atoms with Gasteiger partial charge in [-0.25, -0.2) is 8.42 Å². The van der Waals surface area contributed by atoms with Crippen LogP contribution in [-0.4, -0.2) is 43.2 Å². The van der Waals surface area contributed by atoms with E-state index in [-0.39, 0.29) is 16.4 Å². The van der Waals surface area contributed by atoms with Gasteiger partial charge in [0, 0.05) is 36.6 Å². The molecule has 0 fully saturated rings. The average Bonchev–Trinajstić information content (AvgIpc) is 2.72. The number of unbranched alkanes of at least 4 members (excludes halogenated alkanes) is 3. The number of hydrogen-bond donors (Lipinski definition) is 2. The summed E-state index contributed by atoms with van der Waals surface area (Å²) < 4.78 is 28.1. The quantitative estimate of drug-likeness (QED) is 0.497. The zero-order valence-corrected chi connectivity index (χ0v) is 19.0. The first-order valence-corrected chi connectivity index (χ1v) is 12.2. The number of rotatable bonds is 12. The van der Waals surface area contributed by atoms with Crippen LogP contribution in [0.5, 0.6) is 0 Å². The molecular weight excluding hydrogens is 402 g/mol. The minimum Gasteiger partial charge on any atom is -0.352 e. The Hall–Kier alpha value is -2.19. The van der Waals surface area contributed by atoms with Crippen LogP contribution in [0.15, 0.2) is 34.0 Å². The molecule has 0 atom stereocenters. The lowest BCUT2D eigenvalue weighted by molar-refractivity contribution is 0.0954. The monoisotopic (exact) mass is 435 g/mol. The molecular formula is C22H33N3O4S. The molecule has 0 aliphatic rings. The first kappa shape index (κ1) is 24.1. The summed E-state index contributed by atoms with van der Waals surface area (Å²) in [5.41, 5.74) is 0.234. The molecule has 1 amide bonds. The summed E-state index contributed by atoms with van der Waals surface area (Å²) in [5.74, 6) is -0.372. The molecule has 0 bridgehead atoms. The molecule has 7 nitrogen and oxygen atoms in total. The van der Waals surface area contributed by atoms with E-state index in [1.165, 1.54) is 22.5 Å². The third kappa shape index (κ3) is 5.92. The number of aromatic nitrogens is 1. The topological polar surface area (TPSA) is 99.3 Å². The number of nitrogens with one attached hydrogen (secondary N) is 2. The Labute approximate surface area is 178 Å². The lowest BCUT2D eigenvalue weighted by Gasteiger charge is -2.22. The van der Waals surface area contributed by atoms with Gasteiger partial charge in [0.15, 0.2) is 0 Å². The van der Waals surface area contributed by atoms with Gasteiger partial charge in [-0.15, -0.1) is 0 Å². The summed E-state index contributed by atoms with van der Waals surface area (Å²) in [6, 6.07) is 5.79. The fraction of sp³-hybridized carbons (Fsp3) is 0.545. The van der Waals surface area contributed by atoms with Crippen molar-refractivity contribution in [3.63, 3.8) is 0 Å². The number of carbonyl (C=O) groups is 1. The number of sulfonamides is 1. The number of hydrogen-bond acceptors (Lipinski definition) is 4. The van der Waals surface area contributed by atoms with Gasteiger partial charge in [-0.05, 0) is 37.5 Å². The molecule has 0 spiro atoms. The molecule has 2 aromatic rings. The van der Waals surface area contributed by atoms with Gasteiger partial charge in [-0.1, -0.05) is 40.0 Å². The highest BCUT2D eigenvalue weighted by Crippen LogP contribution is 2.23. The van der Waals surface area contributed by atoms with Gasteiger partial charge in [-0.2, -0.15) is 4.31 Å².